The number of benzene rings is 1. The van der Waals surface area contributed by atoms with Gasteiger partial charge in [-0.2, -0.15) is 0 Å². The standard InChI is InChI=1S/C15H20ClFN2O/c1-2-19(14-5-3-4-11(14)9-18)15(20)10-6-7-12(16)13(17)8-10/h6-8,11,14H,2-5,9,18H2,1H3. The maximum absolute atomic E-state index is 13.5. The van der Waals surface area contributed by atoms with Crippen LogP contribution < -0.4 is 5.73 Å². The Labute approximate surface area is 123 Å². The Bertz CT molecular complexity index is 495. The Hall–Kier alpha value is -1.13. The summed E-state index contributed by atoms with van der Waals surface area (Å²) >= 11 is 5.66. The van der Waals surface area contributed by atoms with Crippen LogP contribution in [0.1, 0.15) is 36.5 Å². The number of hydrogen-bond acceptors (Lipinski definition) is 2. The topological polar surface area (TPSA) is 46.3 Å². The fourth-order valence-electron chi connectivity index (χ4n) is 3.03. The van der Waals surface area contributed by atoms with Crippen molar-refractivity contribution in [2.75, 3.05) is 13.1 Å². The summed E-state index contributed by atoms with van der Waals surface area (Å²) < 4.78 is 13.5. The van der Waals surface area contributed by atoms with Crippen molar-refractivity contribution in [2.45, 2.75) is 32.2 Å². The molecule has 0 bridgehead atoms. The molecule has 0 heterocycles. The van der Waals surface area contributed by atoms with E-state index in [9.17, 15) is 9.18 Å². The molecule has 1 saturated carbocycles. The number of carbonyl (C=O) groups excluding carboxylic acids is 1. The van der Waals surface area contributed by atoms with E-state index in [4.69, 9.17) is 17.3 Å². The zero-order valence-corrected chi connectivity index (χ0v) is 12.4. The second kappa shape index (κ2) is 6.55. The minimum atomic E-state index is -0.560. The van der Waals surface area contributed by atoms with Gasteiger partial charge in [-0.15, -0.1) is 0 Å². The van der Waals surface area contributed by atoms with Crippen molar-refractivity contribution in [1.82, 2.24) is 4.90 Å². The van der Waals surface area contributed by atoms with E-state index in [1.807, 2.05) is 11.8 Å². The van der Waals surface area contributed by atoms with Gasteiger partial charge in [0, 0.05) is 18.2 Å². The van der Waals surface area contributed by atoms with E-state index >= 15 is 0 Å². The van der Waals surface area contributed by atoms with Gasteiger partial charge in [-0.05, 0) is 50.4 Å². The number of halogens is 2. The number of carbonyl (C=O) groups is 1. The number of hydrogen-bond donors (Lipinski definition) is 1. The van der Waals surface area contributed by atoms with E-state index in [1.54, 1.807) is 6.07 Å². The predicted molar refractivity (Wildman–Crippen MR) is 78.3 cm³/mol. The third kappa shape index (κ3) is 2.96. The molecular weight excluding hydrogens is 279 g/mol. The average molecular weight is 299 g/mol. The summed E-state index contributed by atoms with van der Waals surface area (Å²) in [5, 5.41) is 0.0327. The van der Waals surface area contributed by atoms with Crippen LogP contribution >= 0.6 is 11.6 Å². The molecule has 3 nitrogen and oxygen atoms in total. The summed E-state index contributed by atoms with van der Waals surface area (Å²) in [4.78, 5) is 14.4. The summed E-state index contributed by atoms with van der Waals surface area (Å²) in [6.07, 6.45) is 3.11. The number of nitrogens with two attached hydrogens (primary N) is 1. The molecule has 110 valence electrons. The first-order valence-electron chi connectivity index (χ1n) is 7.04. The van der Waals surface area contributed by atoms with Crippen LogP contribution in [0.15, 0.2) is 18.2 Å². The summed E-state index contributed by atoms with van der Waals surface area (Å²) in [5.41, 5.74) is 6.13. The lowest BCUT2D eigenvalue weighted by Crippen LogP contribution is -2.44. The average Bonchev–Trinajstić information content (AvgIpc) is 2.91. The summed E-state index contributed by atoms with van der Waals surface area (Å²) in [7, 11) is 0. The van der Waals surface area contributed by atoms with E-state index in [0.717, 1.165) is 19.3 Å². The molecule has 0 saturated heterocycles. The minimum Gasteiger partial charge on any atom is -0.336 e. The fraction of sp³-hybridized carbons (Fsp3) is 0.533. The van der Waals surface area contributed by atoms with Crippen molar-refractivity contribution in [1.29, 1.82) is 0 Å². The third-order valence-electron chi connectivity index (χ3n) is 4.09. The van der Waals surface area contributed by atoms with Crippen LogP contribution in [0.4, 0.5) is 4.39 Å². The highest BCUT2D eigenvalue weighted by atomic mass is 35.5. The van der Waals surface area contributed by atoms with Gasteiger partial charge in [-0.3, -0.25) is 4.79 Å². The highest BCUT2D eigenvalue weighted by Crippen LogP contribution is 2.30. The molecule has 1 aromatic carbocycles. The van der Waals surface area contributed by atoms with Crippen molar-refractivity contribution in [2.24, 2.45) is 11.7 Å². The second-order valence-corrected chi connectivity index (χ2v) is 5.62. The van der Waals surface area contributed by atoms with Crippen molar-refractivity contribution in [3.8, 4) is 0 Å². The largest absolute Gasteiger partial charge is 0.336 e. The molecule has 20 heavy (non-hydrogen) atoms. The van der Waals surface area contributed by atoms with Gasteiger partial charge in [-0.25, -0.2) is 4.39 Å². The van der Waals surface area contributed by atoms with Gasteiger partial charge in [0.15, 0.2) is 0 Å². The number of amides is 1. The maximum atomic E-state index is 13.5. The maximum Gasteiger partial charge on any atom is 0.254 e. The SMILES string of the molecule is CCN(C(=O)c1ccc(Cl)c(F)c1)C1CCCC1CN. The Morgan fingerprint density at radius 1 is 1.50 bits per heavy atom. The highest BCUT2D eigenvalue weighted by Gasteiger charge is 2.33. The summed E-state index contributed by atoms with van der Waals surface area (Å²) in [6.45, 7) is 3.13. The molecule has 1 amide bonds. The van der Waals surface area contributed by atoms with Crippen molar-refractivity contribution < 1.29 is 9.18 Å². The first-order chi connectivity index (χ1) is 9.58. The molecule has 2 unspecified atom stereocenters. The molecule has 0 spiro atoms. The Balaban J connectivity index is 2.22. The number of rotatable bonds is 4. The van der Waals surface area contributed by atoms with Gasteiger partial charge in [0.1, 0.15) is 5.82 Å². The van der Waals surface area contributed by atoms with Gasteiger partial charge in [0.2, 0.25) is 0 Å². The van der Waals surface area contributed by atoms with Crippen molar-refractivity contribution in [3.05, 3.63) is 34.6 Å². The highest BCUT2D eigenvalue weighted by molar-refractivity contribution is 6.30. The number of nitrogens with zero attached hydrogens (tertiary/aromatic N) is 1. The lowest BCUT2D eigenvalue weighted by Gasteiger charge is -2.32. The van der Waals surface area contributed by atoms with Gasteiger partial charge in [0.05, 0.1) is 5.02 Å². The van der Waals surface area contributed by atoms with Gasteiger partial charge in [0.25, 0.3) is 5.91 Å². The molecule has 1 fully saturated rings. The Morgan fingerprint density at radius 2 is 2.25 bits per heavy atom. The van der Waals surface area contributed by atoms with Gasteiger partial charge in [-0.1, -0.05) is 18.0 Å². The summed E-state index contributed by atoms with van der Waals surface area (Å²) in [6, 6.07) is 4.37. The third-order valence-corrected chi connectivity index (χ3v) is 4.40. The smallest absolute Gasteiger partial charge is 0.254 e. The molecule has 2 rings (SSSR count). The molecule has 1 aliphatic carbocycles. The van der Waals surface area contributed by atoms with E-state index in [0.29, 0.717) is 24.6 Å². The first-order valence-corrected chi connectivity index (χ1v) is 7.42. The predicted octanol–water partition coefficient (Wildman–Crippen LogP) is 3.07. The van der Waals surface area contributed by atoms with Crippen LogP contribution in [0.2, 0.25) is 5.02 Å². The summed E-state index contributed by atoms with van der Waals surface area (Å²) in [5.74, 6) is -0.361. The fourth-order valence-corrected chi connectivity index (χ4v) is 3.14. The van der Waals surface area contributed by atoms with E-state index in [-0.39, 0.29) is 17.0 Å². The normalized spacial score (nSPS) is 22.0. The van der Waals surface area contributed by atoms with E-state index in [2.05, 4.69) is 0 Å². The van der Waals surface area contributed by atoms with E-state index < -0.39 is 5.82 Å². The van der Waals surface area contributed by atoms with Crippen LogP contribution in [0.25, 0.3) is 0 Å². The quantitative estimate of drug-likeness (QED) is 0.928. The lowest BCUT2D eigenvalue weighted by molar-refractivity contribution is 0.0651. The molecule has 1 aliphatic rings. The minimum absolute atomic E-state index is 0.0327. The molecule has 5 heteroatoms. The van der Waals surface area contributed by atoms with Gasteiger partial charge >= 0.3 is 0 Å². The molecule has 0 aromatic heterocycles. The molecule has 2 N–H and O–H groups in total. The van der Waals surface area contributed by atoms with Crippen molar-refractivity contribution in [3.63, 3.8) is 0 Å². The van der Waals surface area contributed by atoms with Gasteiger partial charge < -0.3 is 10.6 Å². The molecule has 0 aliphatic heterocycles. The molecule has 2 atom stereocenters. The second-order valence-electron chi connectivity index (χ2n) is 5.21. The molecule has 1 aromatic rings. The molecular formula is C15H20ClFN2O. The molecule has 0 radical (unpaired) electrons. The van der Waals surface area contributed by atoms with Crippen LogP contribution in [-0.2, 0) is 0 Å². The zero-order chi connectivity index (χ0) is 14.7. The Kier molecular flexibility index (Phi) is 5.00. The monoisotopic (exact) mass is 298 g/mol. The van der Waals surface area contributed by atoms with Crippen LogP contribution in [0.3, 0.4) is 0 Å². The van der Waals surface area contributed by atoms with Crippen LogP contribution in [-0.4, -0.2) is 29.9 Å². The van der Waals surface area contributed by atoms with E-state index in [1.165, 1.54) is 12.1 Å². The van der Waals surface area contributed by atoms with Crippen LogP contribution in [0, 0.1) is 11.7 Å². The Morgan fingerprint density at radius 3 is 2.85 bits per heavy atom. The first kappa shape index (κ1) is 15.3. The van der Waals surface area contributed by atoms with Crippen molar-refractivity contribution >= 4 is 17.5 Å². The van der Waals surface area contributed by atoms with Crippen LogP contribution in [0.5, 0.6) is 0 Å². The zero-order valence-electron chi connectivity index (χ0n) is 11.6. The lowest BCUT2D eigenvalue weighted by atomic mass is 10.0.